The molecule has 0 fully saturated rings. The van der Waals surface area contributed by atoms with Gasteiger partial charge in [-0.05, 0) is 29.3 Å². The van der Waals surface area contributed by atoms with E-state index in [2.05, 4.69) is 25.9 Å². The highest BCUT2D eigenvalue weighted by molar-refractivity contribution is 9.10. The summed E-state index contributed by atoms with van der Waals surface area (Å²) in [7, 11) is 0. The third kappa shape index (κ3) is 1.65. The molecular weight excluding hydrogens is 258 g/mol. The van der Waals surface area contributed by atoms with Crippen molar-refractivity contribution in [3.63, 3.8) is 0 Å². The van der Waals surface area contributed by atoms with Crippen molar-refractivity contribution in [3.8, 4) is 0 Å². The van der Waals surface area contributed by atoms with Crippen molar-refractivity contribution in [2.75, 3.05) is 0 Å². The first-order chi connectivity index (χ1) is 7.15. The van der Waals surface area contributed by atoms with Gasteiger partial charge in [0.1, 0.15) is 4.47 Å². The van der Waals surface area contributed by atoms with Gasteiger partial charge in [-0.3, -0.25) is 9.36 Å². The van der Waals surface area contributed by atoms with Crippen LogP contribution in [0.1, 0.15) is 32.0 Å². The number of fused-ring (bicyclic) bond motifs is 1. The maximum atomic E-state index is 12.0. The van der Waals surface area contributed by atoms with Gasteiger partial charge in [-0.25, -0.2) is 9.98 Å². The minimum Gasteiger partial charge on any atom is -0.273 e. The lowest BCUT2D eigenvalue weighted by Gasteiger charge is -2.20. The van der Waals surface area contributed by atoms with Crippen molar-refractivity contribution in [2.45, 2.75) is 32.7 Å². The Bertz CT molecular complexity index is 478. The topological polar surface area (TPSA) is 47.2 Å². The molecule has 4 nitrogen and oxygen atoms in total. The van der Waals surface area contributed by atoms with E-state index < -0.39 is 0 Å². The van der Waals surface area contributed by atoms with Gasteiger partial charge in [-0.15, -0.1) is 0 Å². The van der Waals surface area contributed by atoms with Crippen LogP contribution in [0.5, 0.6) is 0 Å². The van der Waals surface area contributed by atoms with Gasteiger partial charge in [0.05, 0.1) is 5.69 Å². The van der Waals surface area contributed by atoms with Crippen LogP contribution in [0.2, 0.25) is 0 Å². The number of aliphatic imine (C=N–C) groups is 1. The lowest BCUT2D eigenvalue weighted by Crippen LogP contribution is -2.28. The van der Waals surface area contributed by atoms with Crippen LogP contribution in [0, 0.1) is 0 Å². The fraction of sp³-hybridized carbons (Fsp3) is 0.500. The summed E-state index contributed by atoms with van der Waals surface area (Å²) < 4.78 is 2.21. The first-order valence-electron chi connectivity index (χ1n) is 4.98. The number of hydrogen-bond acceptors (Lipinski definition) is 3. The fourth-order valence-electron chi connectivity index (χ4n) is 1.66. The summed E-state index contributed by atoms with van der Waals surface area (Å²) in [6.45, 7) is 3.97. The lowest BCUT2D eigenvalue weighted by atomic mass is 10.2. The summed E-state index contributed by atoms with van der Waals surface area (Å²) in [5, 5.41) is 0. The Morgan fingerprint density at radius 1 is 1.67 bits per heavy atom. The molecule has 2 rings (SSSR count). The SMILES string of the molecule is CCc1nc2n(c(=O)c1Br)C(C)CC=N2. The summed E-state index contributed by atoms with van der Waals surface area (Å²) in [4.78, 5) is 20.5. The molecule has 1 unspecified atom stereocenters. The van der Waals surface area contributed by atoms with Crippen LogP contribution < -0.4 is 5.56 Å². The fourth-order valence-corrected chi connectivity index (χ4v) is 2.22. The number of aryl methyl sites for hydroxylation is 1. The van der Waals surface area contributed by atoms with Gasteiger partial charge in [-0.2, -0.15) is 0 Å². The van der Waals surface area contributed by atoms with Gasteiger partial charge in [0.2, 0.25) is 5.95 Å². The molecular formula is C10H12BrN3O. The normalized spacial score (nSPS) is 19.0. The zero-order valence-electron chi connectivity index (χ0n) is 8.70. The molecule has 0 aromatic carbocycles. The molecule has 1 aliphatic heterocycles. The van der Waals surface area contributed by atoms with E-state index in [4.69, 9.17) is 0 Å². The molecule has 0 aliphatic carbocycles. The molecule has 0 radical (unpaired) electrons. The molecule has 2 heterocycles. The third-order valence-corrected chi connectivity index (χ3v) is 3.34. The van der Waals surface area contributed by atoms with Gasteiger partial charge < -0.3 is 0 Å². The highest BCUT2D eigenvalue weighted by Crippen LogP contribution is 2.23. The predicted molar refractivity (Wildman–Crippen MR) is 63.1 cm³/mol. The van der Waals surface area contributed by atoms with Crippen LogP contribution in [0.25, 0.3) is 0 Å². The highest BCUT2D eigenvalue weighted by atomic mass is 79.9. The average molecular weight is 270 g/mol. The van der Waals surface area contributed by atoms with Crippen LogP contribution in [0.4, 0.5) is 5.95 Å². The quantitative estimate of drug-likeness (QED) is 0.785. The van der Waals surface area contributed by atoms with Crippen LogP contribution in [0.3, 0.4) is 0 Å². The van der Waals surface area contributed by atoms with Gasteiger partial charge in [0.25, 0.3) is 5.56 Å². The van der Waals surface area contributed by atoms with E-state index in [1.807, 2.05) is 20.1 Å². The van der Waals surface area contributed by atoms with Crippen LogP contribution >= 0.6 is 15.9 Å². The molecule has 1 atom stereocenters. The number of aromatic nitrogens is 2. The molecule has 0 N–H and O–H groups in total. The van der Waals surface area contributed by atoms with Crippen molar-refractivity contribution in [1.29, 1.82) is 0 Å². The maximum absolute atomic E-state index is 12.0. The second-order valence-electron chi connectivity index (χ2n) is 3.60. The zero-order chi connectivity index (χ0) is 11.0. The lowest BCUT2D eigenvalue weighted by molar-refractivity contribution is 0.531. The van der Waals surface area contributed by atoms with Crippen LogP contribution in [-0.2, 0) is 6.42 Å². The maximum Gasteiger partial charge on any atom is 0.269 e. The largest absolute Gasteiger partial charge is 0.273 e. The van der Waals surface area contributed by atoms with E-state index in [9.17, 15) is 4.79 Å². The molecule has 0 saturated heterocycles. The smallest absolute Gasteiger partial charge is 0.269 e. The minimum atomic E-state index is -0.0267. The Kier molecular flexibility index (Phi) is 2.73. The Hall–Kier alpha value is -0.970. The minimum absolute atomic E-state index is 0.0267. The number of nitrogens with zero attached hydrogens (tertiary/aromatic N) is 3. The second kappa shape index (κ2) is 3.89. The standard InChI is InChI=1S/C10H12BrN3O/c1-3-7-8(11)9(15)14-6(2)4-5-12-10(14)13-7/h5-6H,3-4H2,1-2H3. The van der Waals surface area contributed by atoms with E-state index in [0.717, 1.165) is 18.5 Å². The molecule has 80 valence electrons. The monoisotopic (exact) mass is 269 g/mol. The Morgan fingerprint density at radius 2 is 2.40 bits per heavy atom. The van der Waals surface area contributed by atoms with E-state index in [-0.39, 0.29) is 11.6 Å². The highest BCUT2D eigenvalue weighted by Gasteiger charge is 2.19. The summed E-state index contributed by atoms with van der Waals surface area (Å²) >= 11 is 3.30. The molecule has 1 aromatic rings. The Labute approximate surface area is 96.2 Å². The Morgan fingerprint density at radius 3 is 3.07 bits per heavy atom. The first kappa shape index (κ1) is 10.5. The summed E-state index contributed by atoms with van der Waals surface area (Å²) in [6.07, 6.45) is 3.33. The van der Waals surface area contributed by atoms with E-state index in [1.54, 1.807) is 4.57 Å². The average Bonchev–Trinajstić information content (AvgIpc) is 2.23. The van der Waals surface area contributed by atoms with Crippen molar-refractivity contribution >= 4 is 28.1 Å². The van der Waals surface area contributed by atoms with E-state index in [0.29, 0.717) is 10.4 Å². The van der Waals surface area contributed by atoms with Gasteiger partial charge in [-0.1, -0.05) is 6.92 Å². The van der Waals surface area contributed by atoms with Crippen molar-refractivity contribution in [2.24, 2.45) is 4.99 Å². The van der Waals surface area contributed by atoms with Crippen molar-refractivity contribution in [1.82, 2.24) is 9.55 Å². The van der Waals surface area contributed by atoms with Gasteiger partial charge in [0.15, 0.2) is 0 Å². The first-order valence-corrected chi connectivity index (χ1v) is 5.78. The van der Waals surface area contributed by atoms with E-state index in [1.165, 1.54) is 0 Å². The van der Waals surface area contributed by atoms with Gasteiger partial charge >= 0.3 is 0 Å². The molecule has 0 bridgehead atoms. The molecule has 1 aliphatic rings. The molecule has 15 heavy (non-hydrogen) atoms. The number of halogens is 1. The van der Waals surface area contributed by atoms with E-state index >= 15 is 0 Å². The van der Waals surface area contributed by atoms with Crippen LogP contribution in [0.15, 0.2) is 14.3 Å². The second-order valence-corrected chi connectivity index (χ2v) is 4.39. The zero-order valence-corrected chi connectivity index (χ0v) is 10.3. The molecule has 5 heteroatoms. The molecule has 0 amide bonds. The third-order valence-electron chi connectivity index (χ3n) is 2.54. The summed E-state index contributed by atoms with van der Waals surface area (Å²) in [6, 6.07) is 0.139. The van der Waals surface area contributed by atoms with Crippen molar-refractivity contribution in [3.05, 3.63) is 20.5 Å². The number of hydrogen-bond donors (Lipinski definition) is 0. The summed E-state index contributed by atoms with van der Waals surface area (Å²) in [5.74, 6) is 0.527. The summed E-state index contributed by atoms with van der Waals surface area (Å²) in [5.41, 5.74) is 0.749. The molecule has 0 saturated carbocycles. The Balaban J connectivity index is 2.73. The van der Waals surface area contributed by atoms with Crippen molar-refractivity contribution < 1.29 is 0 Å². The number of rotatable bonds is 1. The molecule has 0 spiro atoms. The predicted octanol–water partition coefficient (Wildman–Crippen LogP) is 2.24. The van der Waals surface area contributed by atoms with Crippen LogP contribution in [-0.4, -0.2) is 15.8 Å². The van der Waals surface area contributed by atoms with Gasteiger partial charge in [0, 0.05) is 18.7 Å². The molecule has 1 aromatic heterocycles.